The molecule has 3 nitrogen and oxygen atoms in total. The molecule has 2 aromatic carbocycles. The Labute approximate surface area is 150 Å². The summed E-state index contributed by atoms with van der Waals surface area (Å²) in [5.74, 6) is 0. The van der Waals surface area contributed by atoms with Gasteiger partial charge < -0.3 is 9.32 Å². The fraction of sp³-hybridized carbons (Fsp3) is 0.318. The van der Waals surface area contributed by atoms with Crippen LogP contribution >= 0.6 is 0 Å². The minimum atomic E-state index is 0.730. The van der Waals surface area contributed by atoms with Gasteiger partial charge in [-0.2, -0.15) is 4.98 Å². The minimum absolute atomic E-state index is 0.730. The maximum Gasteiger partial charge on any atom is 0.298 e. The van der Waals surface area contributed by atoms with Gasteiger partial charge in [0.05, 0.1) is 0 Å². The lowest BCUT2D eigenvalue weighted by Gasteiger charge is -2.20. The van der Waals surface area contributed by atoms with Gasteiger partial charge in [-0.15, -0.1) is 0 Å². The van der Waals surface area contributed by atoms with E-state index < -0.39 is 0 Å². The number of fused-ring (bicyclic) bond motifs is 1. The largest absolute Gasteiger partial charge is 0.423 e. The molecule has 0 bridgehead atoms. The van der Waals surface area contributed by atoms with Gasteiger partial charge >= 0.3 is 0 Å². The van der Waals surface area contributed by atoms with Gasteiger partial charge in [0.25, 0.3) is 6.01 Å². The molecule has 1 aromatic heterocycles. The van der Waals surface area contributed by atoms with E-state index in [2.05, 4.69) is 47.7 Å². The number of hydrogen-bond donors (Lipinski definition) is 0. The van der Waals surface area contributed by atoms with Gasteiger partial charge in [-0.1, -0.05) is 61.9 Å². The zero-order chi connectivity index (χ0) is 17.6. The van der Waals surface area contributed by atoms with Crippen LogP contribution in [0.4, 0.5) is 6.01 Å². The quantitative estimate of drug-likeness (QED) is 0.528. The van der Waals surface area contributed by atoms with Crippen molar-refractivity contribution in [3.63, 3.8) is 0 Å². The summed E-state index contributed by atoms with van der Waals surface area (Å²) in [6.45, 7) is 10.1. The van der Waals surface area contributed by atoms with E-state index in [-0.39, 0.29) is 0 Å². The summed E-state index contributed by atoms with van der Waals surface area (Å²) in [7, 11) is 0. The van der Waals surface area contributed by atoms with Crippen molar-refractivity contribution in [3.05, 3.63) is 66.2 Å². The molecule has 130 valence electrons. The highest BCUT2D eigenvalue weighted by molar-refractivity contribution is 5.74. The predicted molar refractivity (Wildman–Crippen MR) is 106 cm³/mol. The highest BCUT2D eigenvalue weighted by Gasteiger charge is 2.13. The normalized spacial score (nSPS) is 11.0. The van der Waals surface area contributed by atoms with Crippen molar-refractivity contribution >= 4 is 22.7 Å². The average Bonchev–Trinajstić information content (AvgIpc) is 3.06. The molecule has 0 aliphatic rings. The van der Waals surface area contributed by atoms with Crippen LogP contribution in [0.15, 0.2) is 59.5 Å². The standard InChI is InChI=1S/C22H26N2O/c1-4-5-15-24(22-23-20-8-6-7-9-21(20)25-22)16-14-18-10-12-19(13-11-18)17(2)3/h6-13H,2,4-5,14-16H2,1,3H3. The second-order valence-corrected chi connectivity index (χ2v) is 6.53. The van der Waals surface area contributed by atoms with Crippen LogP contribution in [-0.4, -0.2) is 18.1 Å². The maximum atomic E-state index is 5.97. The van der Waals surface area contributed by atoms with E-state index in [0.717, 1.165) is 55.0 Å². The van der Waals surface area contributed by atoms with Crippen LogP contribution in [0.5, 0.6) is 0 Å². The summed E-state index contributed by atoms with van der Waals surface area (Å²) in [5, 5.41) is 0. The van der Waals surface area contributed by atoms with Gasteiger partial charge in [-0.05, 0) is 43.0 Å². The first kappa shape index (κ1) is 17.3. The lowest BCUT2D eigenvalue weighted by molar-refractivity contribution is 0.557. The first-order chi connectivity index (χ1) is 12.2. The lowest BCUT2D eigenvalue weighted by atomic mass is 10.1. The number of hydrogen-bond acceptors (Lipinski definition) is 3. The number of anilines is 1. The Hall–Kier alpha value is -2.55. The molecule has 1 heterocycles. The van der Waals surface area contributed by atoms with E-state index in [1.54, 1.807) is 0 Å². The minimum Gasteiger partial charge on any atom is -0.423 e. The van der Waals surface area contributed by atoms with Crippen LogP contribution in [0.2, 0.25) is 0 Å². The molecule has 3 aromatic rings. The molecule has 3 heteroatoms. The van der Waals surface area contributed by atoms with Crippen molar-refractivity contribution in [3.8, 4) is 0 Å². The fourth-order valence-corrected chi connectivity index (χ4v) is 2.87. The lowest BCUT2D eigenvalue weighted by Crippen LogP contribution is -2.27. The first-order valence-electron chi connectivity index (χ1n) is 9.02. The molecule has 0 atom stereocenters. The number of oxazole rings is 1. The number of nitrogens with zero attached hydrogens (tertiary/aromatic N) is 2. The van der Waals surface area contributed by atoms with E-state index >= 15 is 0 Å². The van der Waals surface area contributed by atoms with Crippen molar-refractivity contribution in [2.24, 2.45) is 0 Å². The van der Waals surface area contributed by atoms with E-state index in [1.165, 1.54) is 11.1 Å². The third-order valence-electron chi connectivity index (χ3n) is 4.45. The molecule has 0 aliphatic carbocycles. The zero-order valence-corrected chi connectivity index (χ0v) is 15.2. The SMILES string of the molecule is C=C(C)c1ccc(CCN(CCCC)c2nc3ccccc3o2)cc1. The molecule has 25 heavy (non-hydrogen) atoms. The smallest absolute Gasteiger partial charge is 0.298 e. The van der Waals surface area contributed by atoms with Gasteiger partial charge in [0.1, 0.15) is 5.52 Å². The topological polar surface area (TPSA) is 29.3 Å². The van der Waals surface area contributed by atoms with Gasteiger partial charge in [-0.3, -0.25) is 0 Å². The van der Waals surface area contributed by atoms with Crippen molar-refractivity contribution in [1.82, 2.24) is 4.98 Å². The second-order valence-electron chi connectivity index (χ2n) is 6.53. The Bertz CT molecular complexity index is 800. The fourth-order valence-electron chi connectivity index (χ4n) is 2.87. The van der Waals surface area contributed by atoms with Gasteiger partial charge in [0, 0.05) is 13.1 Å². The molecule has 0 amide bonds. The predicted octanol–water partition coefficient (Wildman–Crippen LogP) is 5.71. The molecule has 0 radical (unpaired) electrons. The summed E-state index contributed by atoms with van der Waals surface area (Å²) >= 11 is 0. The first-order valence-corrected chi connectivity index (χ1v) is 9.02. The third kappa shape index (κ3) is 4.30. The van der Waals surface area contributed by atoms with Crippen molar-refractivity contribution in [2.75, 3.05) is 18.0 Å². The van der Waals surface area contributed by atoms with Crippen LogP contribution in [-0.2, 0) is 6.42 Å². The number of unbranched alkanes of at least 4 members (excludes halogenated alkanes) is 1. The van der Waals surface area contributed by atoms with E-state index in [1.807, 2.05) is 31.2 Å². The third-order valence-corrected chi connectivity index (χ3v) is 4.45. The Morgan fingerprint density at radius 2 is 1.84 bits per heavy atom. The molecular weight excluding hydrogens is 308 g/mol. The molecule has 0 spiro atoms. The molecule has 0 unspecified atom stereocenters. The molecule has 0 N–H and O–H groups in total. The Morgan fingerprint density at radius 1 is 1.08 bits per heavy atom. The van der Waals surface area contributed by atoms with Crippen molar-refractivity contribution in [1.29, 1.82) is 0 Å². The molecule has 0 saturated heterocycles. The second kappa shape index (κ2) is 8.02. The van der Waals surface area contributed by atoms with Crippen LogP contribution in [0.25, 0.3) is 16.7 Å². The average molecular weight is 334 g/mol. The van der Waals surface area contributed by atoms with Crippen molar-refractivity contribution < 1.29 is 4.42 Å². The molecule has 0 saturated carbocycles. The molecule has 0 aliphatic heterocycles. The Balaban J connectivity index is 1.73. The highest BCUT2D eigenvalue weighted by Crippen LogP contribution is 2.22. The zero-order valence-electron chi connectivity index (χ0n) is 15.2. The van der Waals surface area contributed by atoms with Gasteiger partial charge in [0.15, 0.2) is 5.58 Å². The summed E-state index contributed by atoms with van der Waals surface area (Å²) < 4.78 is 5.97. The van der Waals surface area contributed by atoms with Crippen LogP contribution in [0.1, 0.15) is 37.8 Å². The summed E-state index contributed by atoms with van der Waals surface area (Å²) in [6, 6.07) is 17.3. The van der Waals surface area contributed by atoms with Gasteiger partial charge in [0.2, 0.25) is 0 Å². The monoisotopic (exact) mass is 334 g/mol. The number of aromatic nitrogens is 1. The van der Waals surface area contributed by atoms with Crippen LogP contribution < -0.4 is 4.90 Å². The van der Waals surface area contributed by atoms with E-state index in [0.29, 0.717) is 0 Å². The summed E-state index contributed by atoms with van der Waals surface area (Å²) in [5.41, 5.74) is 5.39. The molecule has 3 rings (SSSR count). The van der Waals surface area contributed by atoms with Crippen LogP contribution in [0, 0.1) is 0 Å². The number of allylic oxidation sites excluding steroid dienone is 1. The van der Waals surface area contributed by atoms with Gasteiger partial charge in [-0.25, -0.2) is 0 Å². The van der Waals surface area contributed by atoms with Crippen LogP contribution in [0.3, 0.4) is 0 Å². The maximum absolute atomic E-state index is 5.97. The number of para-hydroxylation sites is 2. The summed E-state index contributed by atoms with van der Waals surface area (Å²) in [6.07, 6.45) is 3.26. The van der Waals surface area contributed by atoms with Crippen molar-refractivity contribution in [2.45, 2.75) is 33.1 Å². The Morgan fingerprint density at radius 3 is 2.52 bits per heavy atom. The molecule has 0 fully saturated rings. The highest BCUT2D eigenvalue weighted by atomic mass is 16.4. The molecular formula is C22H26N2O. The number of benzene rings is 2. The Kier molecular flexibility index (Phi) is 5.54. The van der Waals surface area contributed by atoms with E-state index in [9.17, 15) is 0 Å². The summed E-state index contributed by atoms with van der Waals surface area (Å²) in [4.78, 5) is 6.92. The number of rotatable bonds is 8. The van der Waals surface area contributed by atoms with E-state index in [4.69, 9.17) is 4.42 Å².